The van der Waals surface area contributed by atoms with E-state index in [1.165, 1.54) is 0 Å². The molecule has 1 aromatic heterocycles. The number of aromatic nitrogens is 1. The lowest BCUT2D eigenvalue weighted by atomic mass is 10.1. The summed E-state index contributed by atoms with van der Waals surface area (Å²) in [6.45, 7) is 1.18. The van der Waals surface area contributed by atoms with Gasteiger partial charge in [-0.25, -0.2) is 8.42 Å². The van der Waals surface area contributed by atoms with Gasteiger partial charge < -0.3 is 4.90 Å². The molecule has 0 unspecified atom stereocenters. The van der Waals surface area contributed by atoms with E-state index in [0.717, 1.165) is 31.4 Å². The highest BCUT2D eigenvalue weighted by Crippen LogP contribution is 2.22. The molecule has 1 aromatic carbocycles. The van der Waals surface area contributed by atoms with Crippen LogP contribution < -0.4 is 4.72 Å². The van der Waals surface area contributed by atoms with Crippen LogP contribution in [-0.2, 0) is 21.2 Å². The molecule has 0 spiro atoms. The average molecular weight is 415 g/mol. The Morgan fingerprint density at radius 1 is 1.10 bits per heavy atom. The van der Waals surface area contributed by atoms with Crippen molar-refractivity contribution in [3.05, 3.63) is 59.9 Å². The Kier molecular flexibility index (Phi) is 6.98. The Morgan fingerprint density at radius 3 is 2.69 bits per heavy atom. The van der Waals surface area contributed by atoms with E-state index in [4.69, 9.17) is 0 Å². The molecule has 8 heteroatoms. The van der Waals surface area contributed by atoms with Crippen molar-refractivity contribution in [1.29, 1.82) is 0 Å². The van der Waals surface area contributed by atoms with E-state index in [1.807, 2.05) is 25.2 Å². The van der Waals surface area contributed by atoms with E-state index in [-0.39, 0.29) is 10.8 Å². The number of benzene rings is 1. The Balaban J connectivity index is 1.36. The third-order valence-corrected chi connectivity index (χ3v) is 6.23. The number of sulfonamides is 1. The van der Waals surface area contributed by atoms with Crippen LogP contribution in [0.1, 0.15) is 36.9 Å². The third-order valence-electron chi connectivity index (χ3n) is 4.84. The number of amidine groups is 1. The first-order valence-corrected chi connectivity index (χ1v) is 11.3. The normalized spacial score (nSPS) is 15.7. The lowest BCUT2D eigenvalue weighted by Crippen LogP contribution is -2.28. The highest BCUT2D eigenvalue weighted by atomic mass is 32.2. The quantitative estimate of drug-likeness (QED) is 0.638. The van der Waals surface area contributed by atoms with Crippen molar-refractivity contribution >= 4 is 21.8 Å². The summed E-state index contributed by atoms with van der Waals surface area (Å²) in [5.41, 5.74) is 1.60. The maximum Gasteiger partial charge on any atom is 0.263 e. The fraction of sp³-hybridized carbons (Fsp3) is 0.381. The second-order valence-corrected chi connectivity index (χ2v) is 8.68. The molecule has 0 aliphatic carbocycles. The lowest BCUT2D eigenvalue weighted by molar-refractivity contribution is -0.130. The minimum Gasteiger partial charge on any atom is -0.345 e. The van der Waals surface area contributed by atoms with Gasteiger partial charge in [0, 0.05) is 50.4 Å². The van der Waals surface area contributed by atoms with Gasteiger partial charge in [0.05, 0.1) is 4.90 Å². The highest BCUT2D eigenvalue weighted by Gasteiger charge is 2.29. The molecule has 0 radical (unpaired) electrons. The second kappa shape index (κ2) is 9.65. The summed E-state index contributed by atoms with van der Waals surface area (Å²) in [6, 6.07) is 12.6. The van der Waals surface area contributed by atoms with Gasteiger partial charge in [-0.1, -0.05) is 24.6 Å². The SMILES string of the molecule is CN(CCc1ccccn1)C(=O)CCCCCN=C1NS(=O)(=O)c2ccccc21. The van der Waals surface area contributed by atoms with E-state index in [9.17, 15) is 13.2 Å². The van der Waals surface area contributed by atoms with Crippen molar-refractivity contribution in [2.24, 2.45) is 4.99 Å². The van der Waals surface area contributed by atoms with Gasteiger partial charge in [-0.3, -0.25) is 19.5 Å². The summed E-state index contributed by atoms with van der Waals surface area (Å²) < 4.78 is 26.6. The smallest absolute Gasteiger partial charge is 0.263 e. The topological polar surface area (TPSA) is 91.7 Å². The Morgan fingerprint density at radius 2 is 1.90 bits per heavy atom. The minimum absolute atomic E-state index is 0.129. The molecule has 1 N–H and O–H groups in total. The number of nitrogens with one attached hydrogen (secondary N) is 1. The van der Waals surface area contributed by atoms with Gasteiger partial charge in [0.2, 0.25) is 5.91 Å². The number of carbonyl (C=O) groups is 1. The molecular formula is C21H26N4O3S. The summed E-state index contributed by atoms with van der Waals surface area (Å²) in [5, 5.41) is 0. The van der Waals surface area contributed by atoms with E-state index >= 15 is 0 Å². The fourth-order valence-electron chi connectivity index (χ4n) is 3.15. The minimum atomic E-state index is -3.48. The molecule has 0 bridgehead atoms. The van der Waals surface area contributed by atoms with Crippen LogP contribution in [0.5, 0.6) is 0 Å². The zero-order valence-electron chi connectivity index (χ0n) is 16.5. The zero-order chi connectivity index (χ0) is 20.7. The first-order chi connectivity index (χ1) is 14.0. The molecular weight excluding hydrogens is 388 g/mol. The number of rotatable bonds is 9. The van der Waals surface area contributed by atoms with E-state index in [1.54, 1.807) is 35.4 Å². The molecule has 0 fully saturated rings. The van der Waals surface area contributed by atoms with Gasteiger partial charge in [-0.15, -0.1) is 0 Å². The van der Waals surface area contributed by atoms with Crippen LogP contribution in [0, 0.1) is 0 Å². The molecule has 3 rings (SSSR count). The van der Waals surface area contributed by atoms with Crippen LogP contribution in [0.15, 0.2) is 58.5 Å². The Hall–Kier alpha value is -2.74. The van der Waals surface area contributed by atoms with Crippen LogP contribution in [0.2, 0.25) is 0 Å². The standard InChI is InChI=1S/C21H26N4O3S/c1-25(16-13-17-9-6-8-14-22-17)20(26)12-3-2-7-15-23-21-18-10-4-5-11-19(18)29(27,28)24-21/h4-6,8-11,14H,2-3,7,12-13,15-16H2,1H3,(H,23,24). The van der Waals surface area contributed by atoms with Gasteiger partial charge in [0.1, 0.15) is 5.84 Å². The molecule has 2 heterocycles. The van der Waals surface area contributed by atoms with E-state index in [2.05, 4.69) is 14.7 Å². The van der Waals surface area contributed by atoms with Crippen molar-refractivity contribution in [2.75, 3.05) is 20.1 Å². The molecule has 29 heavy (non-hydrogen) atoms. The van der Waals surface area contributed by atoms with Gasteiger partial charge >= 0.3 is 0 Å². The average Bonchev–Trinajstić information content (AvgIpc) is 3.00. The monoisotopic (exact) mass is 414 g/mol. The summed E-state index contributed by atoms with van der Waals surface area (Å²) in [4.78, 5) is 22.9. The van der Waals surface area contributed by atoms with E-state index in [0.29, 0.717) is 30.9 Å². The van der Waals surface area contributed by atoms with Crippen LogP contribution in [0.3, 0.4) is 0 Å². The van der Waals surface area contributed by atoms with Crippen molar-refractivity contribution in [2.45, 2.75) is 37.0 Å². The van der Waals surface area contributed by atoms with Gasteiger partial charge in [-0.2, -0.15) is 0 Å². The highest BCUT2D eigenvalue weighted by molar-refractivity contribution is 7.90. The van der Waals surface area contributed by atoms with Crippen molar-refractivity contribution in [1.82, 2.24) is 14.6 Å². The van der Waals surface area contributed by atoms with Crippen LogP contribution >= 0.6 is 0 Å². The fourth-order valence-corrected chi connectivity index (χ4v) is 4.40. The predicted molar refractivity (Wildman–Crippen MR) is 112 cm³/mol. The molecule has 2 aromatic rings. The number of pyridine rings is 1. The summed E-state index contributed by atoms with van der Waals surface area (Å²) in [5.74, 6) is 0.538. The predicted octanol–water partition coefficient (Wildman–Crippen LogP) is 2.38. The molecule has 7 nitrogen and oxygen atoms in total. The molecule has 1 aliphatic heterocycles. The maximum atomic E-state index is 12.2. The zero-order valence-corrected chi connectivity index (χ0v) is 17.4. The van der Waals surface area contributed by atoms with Crippen molar-refractivity contribution < 1.29 is 13.2 Å². The van der Waals surface area contributed by atoms with Gasteiger partial charge in [-0.05, 0) is 37.1 Å². The number of nitrogens with zero attached hydrogens (tertiary/aromatic N) is 3. The molecule has 0 atom stereocenters. The van der Waals surface area contributed by atoms with Gasteiger partial charge in [0.15, 0.2) is 0 Å². The number of unbranched alkanes of at least 4 members (excludes halogenated alkanes) is 2. The summed E-state index contributed by atoms with van der Waals surface area (Å²) in [7, 11) is -1.66. The number of hydrogen-bond acceptors (Lipinski definition) is 5. The largest absolute Gasteiger partial charge is 0.345 e. The number of carbonyl (C=O) groups excluding carboxylic acids is 1. The number of likely N-dealkylation sites (N-methyl/N-ethyl adjacent to an activating group) is 1. The Labute approximate surface area is 171 Å². The molecule has 1 aliphatic rings. The Bertz CT molecular complexity index is 974. The second-order valence-electron chi connectivity index (χ2n) is 7.03. The van der Waals surface area contributed by atoms with Crippen LogP contribution in [0.4, 0.5) is 0 Å². The first kappa shape index (κ1) is 21.0. The van der Waals surface area contributed by atoms with Crippen LogP contribution in [0.25, 0.3) is 0 Å². The number of fused-ring (bicyclic) bond motifs is 1. The van der Waals surface area contributed by atoms with Crippen molar-refractivity contribution in [3.8, 4) is 0 Å². The van der Waals surface area contributed by atoms with Gasteiger partial charge in [0.25, 0.3) is 10.0 Å². The van der Waals surface area contributed by atoms with E-state index < -0.39 is 10.0 Å². The van der Waals surface area contributed by atoms with Crippen LogP contribution in [-0.4, -0.2) is 50.2 Å². The number of amides is 1. The third kappa shape index (κ3) is 5.63. The molecule has 1 amide bonds. The van der Waals surface area contributed by atoms with Crippen molar-refractivity contribution in [3.63, 3.8) is 0 Å². The lowest BCUT2D eigenvalue weighted by Gasteiger charge is -2.16. The molecule has 154 valence electrons. The summed E-state index contributed by atoms with van der Waals surface area (Å²) >= 11 is 0. The molecule has 0 saturated heterocycles. The molecule has 0 saturated carbocycles. The summed E-state index contributed by atoms with van der Waals surface area (Å²) in [6.07, 6.45) is 5.47. The maximum absolute atomic E-state index is 12.2. The number of hydrogen-bond donors (Lipinski definition) is 1. The first-order valence-electron chi connectivity index (χ1n) is 9.78. The number of aliphatic imine (C=N–C) groups is 1.